The normalized spacial score (nSPS) is 17.7. The van der Waals surface area contributed by atoms with Crippen molar-refractivity contribution in [1.29, 1.82) is 0 Å². The van der Waals surface area contributed by atoms with Crippen LogP contribution in [-0.4, -0.2) is 19.3 Å². The van der Waals surface area contributed by atoms with Crippen molar-refractivity contribution < 1.29 is 0 Å². The smallest absolute Gasteiger partial charge is 0.138 e. The minimum atomic E-state index is -0.220. The zero-order chi connectivity index (χ0) is 42.0. The fourth-order valence-corrected chi connectivity index (χ4v) is 10.9. The van der Waals surface area contributed by atoms with Gasteiger partial charge in [-0.2, -0.15) is 5.10 Å². The Morgan fingerprint density at radius 3 is 1.87 bits per heavy atom. The molecule has 0 fully saturated rings. The summed E-state index contributed by atoms with van der Waals surface area (Å²) in [6, 6.07) is 56.4. The maximum absolute atomic E-state index is 4.43. The largest absolute Gasteiger partial charge is 0.311 e. The average molecular weight is 802 g/mol. The first-order valence-corrected chi connectivity index (χ1v) is 21.8. The second kappa shape index (κ2) is 13.1. The van der Waals surface area contributed by atoms with Crippen LogP contribution >= 0.6 is 0 Å². The number of rotatable bonds is 6. The Labute approximate surface area is 362 Å². The lowest BCUT2D eigenvalue weighted by Gasteiger charge is -2.34. The van der Waals surface area contributed by atoms with E-state index in [1.165, 1.54) is 88.9 Å². The number of fused-ring (bicyclic) bond motifs is 9. The third kappa shape index (κ3) is 5.27. The highest BCUT2D eigenvalue weighted by atomic mass is 15.3. The van der Waals surface area contributed by atoms with Crippen molar-refractivity contribution in [2.75, 3.05) is 4.90 Å². The number of hydrogen-bond donors (Lipinski definition) is 0. The maximum atomic E-state index is 4.43. The fraction of sp³-hybridized carbons (Fsp3) is 0.158. The summed E-state index contributed by atoms with van der Waals surface area (Å²) in [7, 11) is 0. The number of hydrogen-bond acceptors (Lipinski definition) is 3. The Bertz CT molecular complexity index is 3340. The molecule has 0 N–H and O–H groups in total. The van der Waals surface area contributed by atoms with E-state index in [0.29, 0.717) is 0 Å². The summed E-state index contributed by atoms with van der Waals surface area (Å²) in [4.78, 5) is 6.70. The molecule has 5 heteroatoms. The Balaban J connectivity index is 0.962. The van der Waals surface area contributed by atoms with Crippen LogP contribution in [0.4, 0.5) is 11.4 Å². The van der Waals surface area contributed by atoms with Crippen LogP contribution in [0.25, 0.3) is 55.4 Å². The first kappa shape index (κ1) is 36.6. The predicted molar refractivity (Wildman–Crippen MR) is 255 cm³/mol. The molecule has 1 atom stereocenters. The lowest BCUT2D eigenvalue weighted by Crippen LogP contribution is -2.25. The Hall–Kier alpha value is -7.24. The van der Waals surface area contributed by atoms with Gasteiger partial charge in [-0.05, 0) is 129 Å². The zero-order valence-electron chi connectivity index (χ0n) is 35.8. The van der Waals surface area contributed by atoms with Crippen molar-refractivity contribution in [1.82, 2.24) is 19.3 Å². The van der Waals surface area contributed by atoms with E-state index >= 15 is 0 Å². The fourth-order valence-electron chi connectivity index (χ4n) is 10.9. The van der Waals surface area contributed by atoms with Crippen molar-refractivity contribution >= 4 is 33.2 Å². The SMILES string of the molecule is CC1(c2ccc3c(c2)c2ccccc2n3-c2ccccc2)C=CC(N(c2ccc3c(c2)C(C)(C)c2ccccc2-3)c2ccc3c(c2)C(C)(C)c2cc(-n4cncn4)ccc2-3)=CC1. The van der Waals surface area contributed by atoms with Crippen LogP contribution < -0.4 is 4.90 Å². The second-order valence-electron chi connectivity index (χ2n) is 18.7. The molecular formula is C57H47N5. The zero-order valence-corrected chi connectivity index (χ0v) is 35.8. The summed E-state index contributed by atoms with van der Waals surface area (Å²) in [5.41, 5.74) is 19.6. The molecule has 300 valence electrons. The number of aromatic nitrogens is 4. The van der Waals surface area contributed by atoms with E-state index in [2.05, 4.69) is 224 Å². The summed E-state index contributed by atoms with van der Waals surface area (Å²) in [5.74, 6) is 0. The van der Waals surface area contributed by atoms with Crippen LogP contribution in [0.2, 0.25) is 0 Å². The minimum Gasteiger partial charge on any atom is -0.311 e. The lowest BCUT2D eigenvalue weighted by atomic mass is 9.76. The number of allylic oxidation sites excluding steroid dienone is 3. The molecule has 0 saturated carbocycles. The molecule has 62 heavy (non-hydrogen) atoms. The molecule has 2 aromatic heterocycles. The highest BCUT2D eigenvalue weighted by Gasteiger charge is 2.39. The van der Waals surface area contributed by atoms with Crippen LogP contribution in [0.15, 0.2) is 188 Å². The summed E-state index contributed by atoms with van der Waals surface area (Å²) in [6.07, 6.45) is 11.5. The Kier molecular flexibility index (Phi) is 7.75. The highest BCUT2D eigenvalue weighted by Crippen LogP contribution is 2.53. The topological polar surface area (TPSA) is 38.9 Å². The van der Waals surface area contributed by atoms with Crippen molar-refractivity contribution in [3.05, 3.63) is 216 Å². The van der Waals surface area contributed by atoms with Gasteiger partial charge in [-0.25, -0.2) is 9.67 Å². The van der Waals surface area contributed by atoms with E-state index in [9.17, 15) is 0 Å². The molecule has 3 aliphatic carbocycles. The van der Waals surface area contributed by atoms with Gasteiger partial charge in [0.15, 0.2) is 0 Å². The summed E-state index contributed by atoms with van der Waals surface area (Å²) in [5, 5.41) is 6.99. The van der Waals surface area contributed by atoms with Gasteiger partial charge < -0.3 is 9.47 Å². The molecule has 0 spiro atoms. The second-order valence-corrected chi connectivity index (χ2v) is 18.7. The molecule has 0 saturated heterocycles. The predicted octanol–water partition coefficient (Wildman–Crippen LogP) is 13.9. The van der Waals surface area contributed by atoms with Gasteiger partial charge in [-0.1, -0.05) is 132 Å². The van der Waals surface area contributed by atoms with E-state index in [1.807, 2.05) is 4.68 Å². The van der Waals surface area contributed by atoms with Gasteiger partial charge in [-0.3, -0.25) is 0 Å². The molecule has 2 heterocycles. The number of para-hydroxylation sites is 2. The molecule has 0 amide bonds. The summed E-state index contributed by atoms with van der Waals surface area (Å²) >= 11 is 0. The molecule has 1 unspecified atom stereocenters. The van der Waals surface area contributed by atoms with Crippen LogP contribution in [0.3, 0.4) is 0 Å². The van der Waals surface area contributed by atoms with E-state index < -0.39 is 0 Å². The molecule has 0 aliphatic heterocycles. The van der Waals surface area contributed by atoms with Crippen molar-refractivity contribution in [2.24, 2.45) is 0 Å². The van der Waals surface area contributed by atoms with Gasteiger partial charge in [0.25, 0.3) is 0 Å². The van der Waals surface area contributed by atoms with Gasteiger partial charge in [0.05, 0.1) is 16.7 Å². The van der Waals surface area contributed by atoms with Crippen molar-refractivity contribution in [2.45, 2.75) is 57.3 Å². The van der Waals surface area contributed by atoms with E-state index in [1.54, 1.807) is 12.7 Å². The van der Waals surface area contributed by atoms with Crippen LogP contribution in [0.1, 0.15) is 68.9 Å². The van der Waals surface area contributed by atoms with E-state index in [-0.39, 0.29) is 16.2 Å². The maximum Gasteiger partial charge on any atom is 0.138 e. The standard InChI is InChI=1S/C57H47N5/c1-55(2)49-17-11-9-15-43(49)44-24-21-41(33-51(44)55)61(42-22-25-46-45-23-20-40(60-36-58-35-59-60)32-50(45)56(3,4)52(46)34-42)39-27-29-57(5,30-28-39)37-19-26-54-48(31-37)47-16-10-12-18-53(47)62(54)38-13-7-6-8-14-38/h6-29,31-36H,30H2,1-5H3. The molecule has 9 aromatic rings. The average Bonchev–Trinajstić information content (AvgIpc) is 4.06. The molecular weight excluding hydrogens is 755 g/mol. The molecule has 12 rings (SSSR count). The lowest BCUT2D eigenvalue weighted by molar-refractivity contribution is 0.596. The third-order valence-corrected chi connectivity index (χ3v) is 14.4. The van der Waals surface area contributed by atoms with Gasteiger partial charge in [0, 0.05) is 49.8 Å². The molecule has 0 radical (unpaired) electrons. The molecule has 7 aromatic carbocycles. The first-order chi connectivity index (χ1) is 30.1. The summed E-state index contributed by atoms with van der Waals surface area (Å²) in [6.45, 7) is 11.8. The highest BCUT2D eigenvalue weighted by molar-refractivity contribution is 6.09. The van der Waals surface area contributed by atoms with Crippen LogP contribution in [0, 0.1) is 0 Å². The monoisotopic (exact) mass is 801 g/mol. The Morgan fingerprint density at radius 1 is 0.532 bits per heavy atom. The Morgan fingerprint density at radius 2 is 1.16 bits per heavy atom. The van der Waals surface area contributed by atoms with Crippen LogP contribution in [0.5, 0.6) is 0 Å². The first-order valence-electron chi connectivity index (χ1n) is 21.8. The van der Waals surface area contributed by atoms with Gasteiger partial charge in [-0.15, -0.1) is 0 Å². The van der Waals surface area contributed by atoms with Gasteiger partial charge >= 0.3 is 0 Å². The van der Waals surface area contributed by atoms with Crippen LogP contribution in [-0.2, 0) is 16.2 Å². The molecule has 5 nitrogen and oxygen atoms in total. The van der Waals surface area contributed by atoms with Crippen molar-refractivity contribution in [3.8, 4) is 33.6 Å². The number of benzene rings is 7. The van der Waals surface area contributed by atoms with E-state index in [0.717, 1.165) is 17.8 Å². The summed E-state index contributed by atoms with van der Waals surface area (Å²) < 4.78 is 4.24. The minimum absolute atomic E-state index is 0.116. The quantitative estimate of drug-likeness (QED) is 0.168. The van der Waals surface area contributed by atoms with Gasteiger partial charge in [0.2, 0.25) is 0 Å². The van der Waals surface area contributed by atoms with E-state index in [4.69, 9.17) is 0 Å². The van der Waals surface area contributed by atoms with Crippen molar-refractivity contribution in [3.63, 3.8) is 0 Å². The third-order valence-electron chi connectivity index (χ3n) is 14.4. The molecule has 0 bridgehead atoms. The number of anilines is 2. The van der Waals surface area contributed by atoms with Gasteiger partial charge in [0.1, 0.15) is 12.7 Å². The molecule has 3 aliphatic rings. The number of nitrogens with zero attached hydrogens (tertiary/aromatic N) is 5.